The average molecular weight is 266 g/mol. The number of benzene rings is 1. The lowest BCUT2D eigenvalue weighted by Crippen LogP contribution is -2.34. The van der Waals surface area contributed by atoms with Crippen LogP contribution >= 0.6 is 0 Å². The van der Waals surface area contributed by atoms with Gasteiger partial charge in [0.15, 0.2) is 5.78 Å². The molecule has 0 saturated heterocycles. The second-order valence-corrected chi connectivity index (χ2v) is 7.40. The Balaban J connectivity index is 1.57. The lowest BCUT2D eigenvalue weighted by Gasteiger charge is -2.21. The Bertz CT molecular complexity index is 684. The molecule has 3 heteroatoms. The molecule has 3 nitrogen and oxygen atoms in total. The number of carbonyl (C=O) groups excluding carboxylic acids is 1. The summed E-state index contributed by atoms with van der Waals surface area (Å²) in [6.07, 6.45) is 1.20. The zero-order chi connectivity index (χ0) is 13.4. The first-order valence-corrected chi connectivity index (χ1v) is 7.51. The Morgan fingerprint density at radius 3 is 2.05 bits per heavy atom. The predicted octanol–water partition coefficient (Wildman–Crippen LogP) is 2.08. The number of carboxylic acid groups (broad SMARTS) is 1. The summed E-state index contributed by atoms with van der Waals surface area (Å²) in [6.45, 7) is 0. The predicted molar refractivity (Wildman–Crippen MR) is 68.8 cm³/mol. The minimum atomic E-state index is -0.686. The number of ketones is 1. The third kappa shape index (κ3) is 0.613. The summed E-state index contributed by atoms with van der Waals surface area (Å²) in [5.74, 6) is 1.97. The third-order valence-electron chi connectivity index (χ3n) is 7.50. The van der Waals surface area contributed by atoms with Crippen LogP contribution in [-0.4, -0.2) is 16.9 Å². The van der Waals surface area contributed by atoms with Gasteiger partial charge in [-0.25, -0.2) is 0 Å². The summed E-state index contributed by atoms with van der Waals surface area (Å²) >= 11 is 0. The molecule has 1 N–H and O–H groups in total. The first-order chi connectivity index (χ1) is 9.68. The van der Waals surface area contributed by atoms with Gasteiger partial charge in [-0.1, -0.05) is 30.3 Å². The number of hydrogen-bond acceptors (Lipinski definition) is 2. The smallest absolute Gasteiger partial charge is 0.311 e. The molecule has 0 amide bonds. The van der Waals surface area contributed by atoms with Crippen LogP contribution in [0.25, 0.3) is 0 Å². The van der Waals surface area contributed by atoms with Crippen molar-refractivity contribution in [3.8, 4) is 0 Å². The normalized spacial score (nSPS) is 57.8. The van der Waals surface area contributed by atoms with Crippen molar-refractivity contribution < 1.29 is 14.7 Å². The van der Waals surface area contributed by atoms with Gasteiger partial charge in [0.1, 0.15) is 0 Å². The van der Waals surface area contributed by atoms with Gasteiger partial charge in [-0.3, -0.25) is 9.59 Å². The second-order valence-electron chi connectivity index (χ2n) is 7.40. The molecule has 0 radical (unpaired) electrons. The number of hydrogen-bond donors (Lipinski definition) is 1. The Morgan fingerprint density at radius 1 is 0.950 bits per heavy atom. The van der Waals surface area contributed by atoms with Gasteiger partial charge in [-0.15, -0.1) is 0 Å². The fraction of sp³-hybridized carbons (Fsp3) is 0.529. The van der Waals surface area contributed by atoms with Crippen molar-refractivity contribution in [2.45, 2.75) is 6.42 Å². The zero-order valence-electron chi connectivity index (χ0n) is 10.8. The van der Waals surface area contributed by atoms with Gasteiger partial charge in [-0.2, -0.15) is 0 Å². The largest absolute Gasteiger partial charge is 0.481 e. The molecule has 6 unspecified atom stereocenters. The van der Waals surface area contributed by atoms with Gasteiger partial charge < -0.3 is 5.11 Å². The topological polar surface area (TPSA) is 54.4 Å². The Labute approximate surface area is 116 Å². The van der Waals surface area contributed by atoms with Crippen LogP contribution in [0.5, 0.6) is 0 Å². The van der Waals surface area contributed by atoms with Gasteiger partial charge in [0.25, 0.3) is 0 Å². The molecular weight excluding hydrogens is 252 g/mol. The Kier molecular flexibility index (Phi) is 1.25. The van der Waals surface area contributed by atoms with Crippen molar-refractivity contribution in [1.29, 1.82) is 0 Å². The summed E-state index contributed by atoms with van der Waals surface area (Å²) in [4.78, 5) is 25.1. The monoisotopic (exact) mass is 266 g/mol. The van der Waals surface area contributed by atoms with E-state index in [9.17, 15) is 14.7 Å². The Hall–Kier alpha value is -1.64. The van der Waals surface area contributed by atoms with Crippen LogP contribution in [0.4, 0.5) is 0 Å². The Morgan fingerprint density at radius 2 is 1.50 bits per heavy atom. The molecule has 20 heavy (non-hydrogen) atoms. The summed E-state index contributed by atoms with van der Waals surface area (Å²) < 4.78 is 0. The van der Waals surface area contributed by atoms with Gasteiger partial charge >= 0.3 is 5.97 Å². The molecule has 6 aliphatic carbocycles. The second kappa shape index (κ2) is 2.47. The standard InChI is InChI=1S/C17H14O3/c18-14(7-4-2-1-3-5-7)16-10-8-6-9(11(10)16)13-12(8)17(13,16)15(19)20/h1-5,8-13H,6H2,(H,19,20). The van der Waals surface area contributed by atoms with Crippen LogP contribution < -0.4 is 0 Å². The third-order valence-corrected chi connectivity index (χ3v) is 7.50. The van der Waals surface area contributed by atoms with E-state index >= 15 is 0 Å². The van der Waals surface area contributed by atoms with E-state index in [0.717, 1.165) is 0 Å². The van der Waals surface area contributed by atoms with E-state index in [0.29, 0.717) is 41.1 Å². The number of carbonyl (C=O) groups is 2. The van der Waals surface area contributed by atoms with E-state index in [2.05, 4.69) is 0 Å². The molecule has 1 aromatic rings. The van der Waals surface area contributed by atoms with Crippen molar-refractivity contribution >= 4 is 11.8 Å². The molecule has 1 aromatic carbocycles. The number of rotatable bonds is 3. The highest BCUT2D eigenvalue weighted by molar-refractivity contribution is 6.10. The van der Waals surface area contributed by atoms with Crippen molar-refractivity contribution in [2.75, 3.05) is 0 Å². The summed E-state index contributed by atoms with van der Waals surface area (Å²) in [5.41, 5.74) is -0.459. The first kappa shape index (κ1) is 10.1. The van der Waals surface area contributed by atoms with E-state index in [-0.39, 0.29) is 5.78 Å². The average Bonchev–Trinajstić information content (AvgIpc) is 3.21. The number of Topliss-reactive ketones (excluding diaryl/α,β-unsaturated/α-hetero) is 1. The minimum absolute atomic E-state index is 0.132. The molecule has 0 aliphatic heterocycles. The maximum Gasteiger partial charge on any atom is 0.311 e. The van der Waals surface area contributed by atoms with Crippen LogP contribution in [-0.2, 0) is 4.79 Å². The van der Waals surface area contributed by atoms with Crippen LogP contribution in [0.3, 0.4) is 0 Å². The molecular formula is C17H14O3. The molecule has 0 heterocycles. The zero-order valence-corrected chi connectivity index (χ0v) is 10.8. The van der Waals surface area contributed by atoms with Crippen molar-refractivity contribution in [3.05, 3.63) is 35.9 Å². The van der Waals surface area contributed by atoms with E-state index in [1.807, 2.05) is 30.3 Å². The van der Waals surface area contributed by atoms with Crippen LogP contribution in [0.2, 0.25) is 0 Å². The highest BCUT2D eigenvalue weighted by Crippen LogP contribution is 3.05. The van der Waals surface area contributed by atoms with E-state index in [4.69, 9.17) is 0 Å². The molecule has 6 atom stereocenters. The number of aliphatic carboxylic acids is 1. The molecule has 6 fully saturated rings. The molecule has 2 bridgehead atoms. The maximum absolute atomic E-state index is 13.1. The molecule has 6 saturated carbocycles. The summed E-state index contributed by atoms with van der Waals surface area (Å²) in [7, 11) is 0. The lowest BCUT2D eigenvalue weighted by molar-refractivity contribution is -0.146. The summed E-state index contributed by atoms with van der Waals surface area (Å²) in [5, 5.41) is 9.86. The van der Waals surface area contributed by atoms with E-state index < -0.39 is 16.8 Å². The first-order valence-electron chi connectivity index (χ1n) is 7.51. The fourth-order valence-electron chi connectivity index (χ4n) is 7.53. The molecule has 0 aromatic heterocycles. The maximum atomic E-state index is 13.1. The van der Waals surface area contributed by atoms with Crippen molar-refractivity contribution in [3.63, 3.8) is 0 Å². The molecule has 6 aliphatic rings. The molecule has 7 rings (SSSR count). The van der Waals surface area contributed by atoms with Gasteiger partial charge in [0.2, 0.25) is 0 Å². The van der Waals surface area contributed by atoms with E-state index in [1.54, 1.807) is 0 Å². The van der Waals surface area contributed by atoms with Gasteiger partial charge in [-0.05, 0) is 41.9 Å². The van der Waals surface area contributed by atoms with Gasteiger partial charge in [0, 0.05) is 5.56 Å². The van der Waals surface area contributed by atoms with Gasteiger partial charge in [0.05, 0.1) is 10.8 Å². The van der Waals surface area contributed by atoms with Crippen LogP contribution in [0.15, 0.2) is 30.3 Å². The highest BCUT2D eigenvalue weighted by atomic mass is 16.4. The number of carboxylic acids is 1. The van der Waals surface area contributed by atoms with Crippen LogP contribution in [0.1, 0.15) is 16.8 Å². The molecule has 100 valence electrons. The quantitative estimate of drug-likeness (QED) is 0.852. The lowest BCUT2D eigenvalue weighted by atomic mass is 9.79. The highest BCUT2D eigenvalue weighted by Gasteiger charge is 3.08. The van der Waals surface area contributed by atoms with Crippen molar-refractivity contribution in [2.24, 2.45) is 46.3 Å². The van der Waals surface area contributed by atoms with Crippen molar-refractivity contribution in [1.82, 2.24) is 0 Å². The van der Waals surface area contributed by atoms with Crippen LogP contribution in [0, 0.1) is 46.3 Å². The summed E-state index contributed by atoms with van der Waals surface area (Å²) in [6, 6.07) is 9.34. The van der Waals surface area contributed by atoms with E-state index in [1.165, 1.54) is 6.42 Å². The molecule has 0 spiro atoms. The fourth-order valence-corrected chi connectivity index (χ4v) is 7.53. The SMILES string of the molecule is O=C(O)C12C3C4CC(C31)C1C4C12C(=O)c1ccccc1. The minimum Gasteiger partial charge on any atom is -0.481 e.